The first-order valence-corrected chi connectivity index (χ1v) is 3.01. The molecule has 0 heterocycles. The highest BCUT2D eigenvalue weighted by molar-refractivity contribution is 5.78. The standard InChI is InChI=1S/C6H14N2/c1-4-5-7-8-6(2)3/h7H,4-5H2,1-3H3. The van der Waals surface area contributed by atoms with Gasteiger partial charge in [-0.2, -0.15) is 5.10 Å². The zero-order chi connectivity index (χ0) is 6.41. The smallest absolute Gasteiger partial charge is 0.0327 e. The quantitative estimate of drug-likeness (QED) is 0.334. The summed E-state index contributed by atoms with van der Waals surface area (Å²) in [4.78, 5) is 0. The number of hydrogen-bond donors (Lipinski definition) is 1. The van der Waals surface area contributed by atoms with E-state index in [-0.39, 0.29) is 0 Å². The lowest BCUT2D eigenvalue weighted by Crippen LogP contribution is -2.07. The van der Waals surface area contributed by atoms with Crippen molar-refractivity contribution >= 4 is 5.71 Å². The molecule has 2 nitrogen and oxygen atoms in total. The van der Waals surface area contributed by atoms with Crippen LogP contribution in [0, 0.1) is 0 Å². The summed E-state index contributed by atoms with van der Waals surface area (Å²) in [7, 11) is 0. The van der Waals surface area contributed by atoms with E-state index in [2.05, 4.69) is 17.5 Å². The average Bonchev–Trinajstić information content (AvgIpc) is 1.66. The number of rotatable bonds is 3. The van der Waals surface area contributed by atoms with Crippen LogP contribution in [0.1, 0.15) is 27.2 Å². The Balaban J connectivity index is 3.03. The van der Waals surface area contributed by atoms with Crippen LogP contribution in [0.3, 0.4) is 0 Å². The lowest BCUT2D eigenvalue weighted by atomic mass is 10.5. The molecule has 0 aromatic rings. The van der Waals surface area contributed by atoms with Crippen molar-refractivity contribution in [2.24, 2.45) is 5.10 Å². The van der Waals surface area contributed by atoms with Crippen LogP contribution in [-0.2, 0) is 0 Å². The average molecular weight is 114 g/mol. The highest BCUT2D eigenvalue weighted by Crippen LogP contribution is 1.71. The molecule has 0 spiro atoms. The summed E-state index contributed by atoms with van der Waals surface area (Å²) in [5.41, 5.74) is 4.00. The minimum atomic E-state index is 0.977. The summed E-state index contributed by atoms with van der Waals surface area (Å²) in [5, 5.41) is 3.98. The van der Waals surface area contributed by atoms with Crippen LogP contribution in [0.4, 0.5) is 0 Å². The molecule has 0 fully saturated rings. The second-order valence-electron chi connectivity index (χ2n) is 1.97. The van der Waals surface area contributed by atoms with Crippen molar-refractivity contribution in [3.8, 4) is 0 Å². The van der Waals surface area contributed by atoms with Crippen LogP contribution < -0.4 is 5.43 Å². The molecule has 0 bridgehead atoms. The molecule has 0 radical (unpaired) electrons. The van der Waals surface area contributed by atoms with Gasteiger partial charge in [-0.3, -0.25) is 0 Å². The second kappa shape index (κ2) is 4.62. The van der Waals surface area contributed by atoms with E-state index in [1.54, 1.807) is 0 Å². The number of nitrogens with one attached hydrogen (secondary N) is 1. The summed E-state index contributed by atoms with van der Waals surface area (Å²) < 4.78 is 0. The third kappa shape index (κ3) is 5.47. The van der Waals surface area contributed by atoms with Gasteiger partial charge in [0.2, 0.25) is 0 Å². The minimum absolute atomic E-state index is 0.977. The highest BCUT2D eigenvalue weighted by atomic mass is 15.3. The third-order valence-electron chi connectivity index (χ3n) is 0.664. The number of hydrogen-bond acceptors (Lipinski definition) is 2. The van der Waals surface area contributed by atoms with Crippen molar-refractivity contribution in [2.45, 2.75) is 27.2 Å². The fraction of sp³-hybridized carbons (Fsp3) is 0.833. The second-order valence-corrected chi connectivity index (χ2v) is 1.97. The van der Waals surface area contributed by atoms with Gasteiger partial charge < -0.3 is 5.43 Å². The van der Waals surface area contributed by atoms with Gasteiger partial charge in [-0.05, 0) is 20.3 Å². The number of hydrazone groups is 1. The Morgan fingerprint density at radius 2 is 2.12 bits per heavy atom. The van der Waals surface area contributed by atoms with Crippen molar-refractivity contribution in [1.82, 2.24) is 5.43 Å². The summed E-state index contributed by atoms with van der Waals surface area (Å²) in [5.74, 6) is 0. The van der Waals surface area contributed by atoms with E-state index in [4.69, 9.17) is 0 Å². The molecule has 0 atom stereocenters. The molecular formula is C6H14N2. The van der Waals surface area contributed by atoms with Gasteiger partial charge in [0.1, 0.15) is 0 Å². The van der Waals surface area contributed by atoms with Crippen molar-refractivity contribution in [2.75, 3.05) is 6.54 Å². The zero-order valence-electron chi connectivity index (χ0n) is 5.86. The van der Waals surface area contributed by atoms with E-state index in [1.165, 1.54) is 0 Å². The van der Waals surface area contributed by atoms with Crippen LogP contribution >= 0.6 is 0 Å². The largest absolute Gasteiger partial charge is 0.310 e. The van der Waals surface area contributed by atoms with Crippen molar-refractivity contribution in [3.05, 3.63) is 0 Å². The topological polar surface area (TPSA) is 24.4 Å². The van der Waals surface area contributed by atoms with E-state index >= 15 is 0 Å². The van der Waals surface area contributed by atoms with Gasteiger partial charge in [0.25, 0.3) is 0 Å². The Hall–Kier alpha value is -0.530. The van der Waals surface area contributed by atoms with Crippen LogP contribution in [0.5, 0.6) is 0 Å². The molecule has 1 N–H and O–H groups in total. The highest BCUT2D eigenvalue weighted by Gasteiger charge is 1.75. The molecule has 0 unspecified atom stereocenters. The Labute approximate surface area is 51.0 Å². The number of nitrogens with zero attached hydrogens (tertiary/aromatic N) is 1. The van der Waals surface area contributed by atoms with E-state index in [9.17, 15) is 0 Å². The molecule has 2 heteroatoms. The molecule has 0 aliphatic rings. The maximum absolute atomic E-state index is 3.98. The summed E-state index contributed by atoms with van der Waals surface area (Å²) in [6, 6.07) is 0. The van der Waals surface area contributed by atoms with Gasteiger partial charge in [0.15, 0.2) is 0 Å². The van der Waals surface area contributed by atoms with Gasteiger partial charge in [-0.1, -0.05) is 6.92 Å². The molecule has 48 valence electrons. The predicted molar refractivity (Wildman–Crippen MR) is 37.1 cm³/mol. The van der Waals surface area contributed by atoms with Crippen molar-refractivity contribution < 1.29 is 0 Å². The summed E-state index contributed by atoms with van der Waals surface area (Å²) >= 11 is 0. The van der Waals surface area contributed by atoms with Crippen LogP contribution in [-0.4, -0.2) is 12.3 Å². The molecule has 0 aliphatic carbocycles. The fourth-order valence-electron chi connectivity index (χ4n) is 0.326. The molecule has 8 heavy (non-hydrogen) atoms. The van der Waals surface area contributed by atoms with Gasteiger partial charge in [0, 0.05) is 12.3 Å². The Morgan fingerprint density at radius 3 is 2.50 bits per heavy atom. The Bertz CT molecular complexity index is 72.6. The van der Waals surface area contributed by atoms with E-state index < -0.39 is 0 Å². The van der Waals surface area contributed by atoms with E-state index in [0.717, 1.165) is 18.7 Å². The van der Waals surface area contributed by atoms with Crippen molar-refractivity contribution in [3.63, 3.8) is 0 Å². The molecule has 0 aromatic heterocycles. The molecule has 0 saturated carbocycles. The lowest BCUT2D eigenvalue weighted by molar-refractivity contribution is 0.715. The lowest BCUT2D eigenvalue weighted by Gasteiger charge is -1.94. The first-order valence-electron chi connectivity index (χ1n) is 3.01. The van der Waals surface area contributed by atoms with Gasteiger partial charge in [0.05, 0.1) is 0 Å². The molecule has 0 amide bonds. The van der Waals surface area contributed by atoms with Gasteiger partial charge >= 0.3 is 0 Å². The Morgan fingerprint density at radius 1 is 1.50 bits per heavy atom. The third-order valence-corrected chi connectivity index (χ3v) is 0.664. The first kappa shape index (κ1) is 7.47. The van der Waals surface area contributed by atoms with Crippen LogP contribution in [0.15, 0.2) is 5.10 Å². The van der Waals surface area contributed by atoms with Gasteiger partial charge in [-0.25, -0.2) is 0 Å². The SMILES string of the molecule is CCCNN=C(C)C. The van der Waals surface area contributed by atoms with Crippen LogP contribution in [0.25, 0.3) is 0 Å². The monoisotopic (exact) mass is 114 g/mol. The summed E-state index contributed by atoms with van der Waals surface area (Å²) in [6.45, 7) is 7.05. The maximum atomic E-state index is 3.98. The van der Waals surface area contributed by atoms with Gasteiger partial charge in [-0.15, -0.1) is 0 Å². The van der Waals surface area contributed by atoms with Crippen molar-refractivity contribution in [1.29, 1.82) is 0 Å². The molecular weight excluding hydrogens is 100 g/mol. The molecule has 0 saturated heterocycles. The molecule has 0 aromatic carbocycles. The zero-order valence-corrected chi connectivity index (χ0v) is 5.86. The molecule has 0 aliphatic heterocycles. The fourth-order valence-corrected chi connectivity index (χ4v) is 0.326. The minimum Gasteiger partial charge on any atom is -0.310 e. The maximum Gasteiger partial charge on any atom is 0.0327 e. The van der Waals surface area contributed by atoms with Crippen LogP contribution in [0.2, 0.25) is 0 Å². The first-order chi connectivity index (χ1) is 3.77. The predicted octanol–water partition coefficient (Wildman–Crippen LogP) is 1.38. The Kier molecular flexibility index (Phi) is 4.32. The normalized spacial score (nSPS) is 8.38. The van der Waals surface area contributed by atoms with E-state index in [0.29, 0.717) is 0 Å². The van der Waals surface area contributed by atoms with E-state index in [1.807, 2.05) is 13.8 Å². The molecule has 0 rings (SSSR count). The summed E-state index contributed by atoms with van der Waals surface area (Å²) in [6.07, 6.45) is 1.14.